The number of hydrogen-bond donors (Lipinski definition) is 0. The number of halogens is 2. The highest BCUT2D eigenvalue weighted by atomic mass is 35.5. The van der Waals surface area contributed by atoms with Gasteiger partial charge in [-0.3, -0.25) is 0 Å². The molecule has 9 heteroatoms. The van der Waals surface area contributed by atoms with E-state index in [1.807, 2.05) is 12.1 Å². The molecule has 162 valence electrons. The third-order valence-corrected chi connectivity index (χ3v) is 6.66. The molecule has 2 aromatic heterocycles. The summed E-state index contributed by atoms with van der Waals surface area (Å²) >= 11 is 13.6. The molecule has 0 amide bonds. The summed E-state index contributed by atoms with van der Waals surface area (Å²) in [6.07, 6.45) is 0. The molecule has 6 nitrogen and oxygen atoms in total. The molecule has 0 aliphatic heterocycles. The van der Waals surface area contributed by atoms with E-state index in [-0.39, 0.29) is 12.5 Å². The van der Waals surface area contributed by atoms with E-state index in [4.69, 9.17) is 32.7 Å². The molecular formula is C23H18Cl2N4O2S. The van der Waals surface area contributed by atoms with Gasteiger partial charge in [-0.1, -0.05) is 65.7 Å². The van der Waals surface area contributed by atoms with Gasteiger partial charge in [-0.2, -0.15) is 9.61 Å². The Morgan fingerprint density at radius 2 is 1.81 bits per heavy atom. The number of ether oxygens (including phenoxy) is 2. The fraction of sp³-hybridized carbons (Fsp3) is 0.174. The van der Waals surface area contributed by atoms with Crippen LogP contribution in [0, 0.1) is 0 Å². The first-order chi connectivity index (χ1) is 15.5. The van der Waals surface area contributed by atoms with Gasteiger partial charge in [0.25, 0.3) is 0 Å². The number of methoxy groups -OCH3 is 1. The predicted octanol–water partition coefficient (Wildman–Crippen LogP) is 6.39. The molecule has 1 atom stereocenters. The maximum Gasteiger partial charge on any atom is 0.234 e. The normalized spacial score (nSPS) is 12.4. The van der Waals surface area contributed by atoms with Crippen LogP contribution in [0.4, 0.5) is 0 Å². The summed E-state index contributed by atoms with van der Waals surface area (Å²) in [5, 5.41) is 17.4. The van der Waals surface area contributed by atoms with Gasteiger partial charge in [-0.25, -0.2) is 0 Å². The number of fused-ring (bicyclic) bond motifs is 2. The van der Waals surface area contributed by atoms with Gasteiger partial charge in [0.1, 0.15) is 18.1 Å². The van der Waals surface area contributed by atoms with E-state index in [1.54, 1.807) is 29.8 Å². The number of aromatic nitrogens is 4. The Kier molecular flexibility index (Phi) is 5.63. The molecule has 0 N–H and O–H groups in total. The fourth-order valence-corrected chi connectivity index (χ4v) is 4.74. The van der Waals surface area contributed by atoms with E-state index in [2.05, 4.69) is 46.5 Å². The van der Waals surface area contributed by atoms with Gasteiger partial charge in [0.15, 0.2) is 10.8 Å². The number of benzene rings is 3. The molecule has 32 heavy (non-hydrogen) atoms. The Morgan fingerprint density at radius 1 is 1.00 bits per heavy atom. The quantitative estimate of drug-likeness (QED) is 0.279. The van der Waals surface area contributed by atoms with E-state index in [0.29, 0.717) is 15.8 Å². The second kappa shape index (κ2) is 8.58. The number of nitrogens with zero attached hydrogens (tertiary/aromatic N) is 4. The van der Waals surface area contributed by atoms with Crippen LogP contribution < -0.4 is 9.47 Å². The molecule has 0 saturated heterocycles. The molecule has 1 unspecified atom stereocenters. The van der Waals surface area contributed by atoms with E-state index in [9.17, 15) is 0 Å². The van der Waals surface area contributed by atoms with E-state index < -0.39 is 0 Å². The van der Waals surface area contributed by atoms with Crippen molar-refractivity contribution in [2.24, 2.45) is 0 Å². The van der Waals surface area contributed by atoms with Crippen molar-refractivity contribution in [1.29, 1.82) is 0 Å². The second-order valence-corrected chi connectivity index (χ2v) is 9.19. The minimum absolute atomic E-state index is 0.0121. The third-order valence-electron chi connectivity index (χ3n) is 5.26. The molecule has 2 heterocycles. The molecule has 5 aromatic rings. The highest BCUT2D eigenvalue weighted by molar-refractivity contribution is 7.16. The zero-order chi connectivity index (χ0) is 22.2. The van der Waals surface area contributed by atoms with Crippen LogP contribution >= 0.6 is 34.5 Å². The monoisotopic (exact) mass is 484 g/mol. The van der Waals surface area contributed by atoms with Crippen LogP contribution in [0.25, 0.3) is 15.7 Å². The van der Waals surface area contributed by atoms with Crippen molar-refractivity contribution in [2.75, 3.05) is 7.11 Å². The van der Waals surface area contributed by atoms with Gasteiger partial charge in [0.05, 0.1) is 12.1 Å². The smallest absolute Gasteiger partial charge is 0.234 e. The molecule has 0 bridgehead atoms. The molecule has 0 radical (unpaired) electrons. The summed E-state index contributed by atoms with van der Waals surface area (Å²) in [6.45, 7) is 2.38. The first-order valence-corrected chi connectivity index (χ1v) is 11.5. The van der Waals surface area contributed by atoms with Gasteiger partial charge >= 0.3 is 0 Å². The van der Waals surface area contributed by atoms with Crippen LogP contribution in [0.3, 0.4) is 0 Å². The Labute approximate surface area is 198 Å². The van der Waals surface area contributed by atoms with Gasteiger partial charge in [0, 0.05) is 10.9 Å². The zero-order valence-corrected chi connectivity index (χ0v) is 19.6. The average molecular weight is 485 g/mol. The first kappa shape index (κ1) is 21.0. The molecule has 5 rings (SSSR count). The lowest BCUT2D eigenvalue weighted by atomic mass is 9.97. The van der Waals surface area contributed by atoms with Crippen molar-refractivity contribution in [3.8, 4) is 11.5 Å². The summed E-state index contributed by atoms with van der Waals surface area (Å²) < 4.78 is 12.9. The highest BCUT2D eigenvalue weighted by Crippen LogP contribution is 2.31. The average Bonchev–Trinajstić information content (AvgIpc) is 3.37. The van der Waals surface area contributed by atoms with Crippen LogP contribution in [-0.2, 0) is 6.61 Å². The van der Waals surface area contributed by atoms with Crippen molar-refractivity contribution in [3.05, 3.63) is 81.0 Å². The van der Waals surface area contributed by atoms with Crippen LogP contribution in [0.1, 0.15) is 29.2 Å². The lowest BCUT2D eigenvalue weighted by Gasteiger charge is -2.11. The standard InChI is InChI=1S/C23H18Cl2N4O2S/c1-13(14-3-4-16-10-18(30-2)7-5-15(16)9-14)22-26-27-23-29(22)28-21(32-23)12-31-20-8-6-17(24)11-19(20)25/h3-11,13H,12H2,1-2H3. The summed E-state index contributed by atoms with van der Waals surface area (Å²) in [6, 6.07) is 17.5. The summed E-state index contributed by atoms with van der Waals surface area (Å²) in [5.74, 6) is 2.19. The first-order valence-electron chi connectivity index (χ1n) is 9.88. The van der Waals surface area contributed by atoms with Crippen molar-refractivity contribution >= 4 is 50.3 Å². The summed E-state index contributed by atoms with van der Waals surface area (Å²) in [7, 11) is 1.67. The molecule has 0 saturated carbocycles. The minimum atomic E-state index is 0.0121. The van der Waals surface area contributed by atoms with Gasteiger partial charge in [-0.05, 0) is 46.7 Å². The lowest BCUT2D eigenvalue weighted by molar-refractivity contribution is 0.304. The molecule has 0 aliphatic rings. The number of rotatable bonds is 6. The van der Waals surface area contributed by atoms with E-state index in [1.165, 1.54) is 11.3 Å². The highest BCUT2D eigenvalue weighted by Gasteiger charge is 2.19. The Balaban J connectivity index is 1.39. The van der Waals surface area contributed by atoms with Crippen LogP contribution in [0.5, 0.6) is 11.5 Å². The van der Waals surface area contributed by atoms with Gasteiger partial charge < -0.3 is 9.47 Å². The fourth-order valence-electron chi connectivity index (χ4n) is 3.52. The third kappa shape index (κ3) is 3.99. The van der Waals surface area contributed by atoms with Crippen molar-refractivity contribution in [3.63, 3.8) is 0 Å². The SMILES string of the molecule is COc1ccc2cc(C(C)c3nnc4sc(COc5ccc(Cl)cc5Cl)nn34)ccc2c1. The maximum absolute atomic E-state index is 6.19. The predicted molar refractivity (Wildman–Crippen MR) is 127 cm³/mol. The van der Waals surface area contributed by atoms with Crippen LogP contribution in [0.2, 0.25) is 10.0 Å². The Morgan fingerprint density at radius 3 is 2.62 bits per heavy atom. The van der Waals surface area contributed by atoms with Crippen molar-refractivity contribution in [2.45, 2.75) is 19.4 Å². The van der Waals surface area contributed by atoms with Crippen molar-refractivity contribution in [1.82, 2.24) is 19.8 Å². The number of hydrogen-bond acceptors (Lipinski definition) is 6. The molecule has 0 aliphatic carbocycles. The Hall–Kier alpha value is -2.87. The van der Waals surface area contributed by atoms with E-state index >= 15 is 0 Å². The minimum Gasteiger partial charge on any atom is -0.497 e. The van der Waals surface area contributed by atoms with Gasteiger partial charge in [-0.15, -0.1) is 10.2 Å². The Bertz CT molecular complexity index is 1430. The molecule has 0 spiro atoms. The molecule has 3 aromatic carbocycles. The summed E-state index contributed by atoms with van der Waals surface area (Å²) in [4.78, 5) is 0.721. The van der Waals surface area contributed by atoms with Crippen LogP contribution in [-0.4, -0.2) is 26.9 Å². The maximum atomic E-state index is 6.19. The van der Waals surface area contributed by atoms with Crippen LogP contribution in [0.15, 0.2) is 54.6 Å². The zero-order valence-electron chi connectivity index (χ0n) is 17.3. The summed E-state index contributed by atoms with van der Waals surface area (Å²) in [5.41, 5.74) is 1.13. The van der Waals surface area contributed by atoms with Gasteiger partial charge in [0.2, 0.25) is 4.96 Å². The molecule has 0 fully saturated rings. The topological polar surface area (TPSA) is 61.5 Å². The van der Waals surface area contributed by atoms with Crippen molar-refractivity contribution < 1.29 is 9.47 Å². The largest absolute Gasteiger partial charge is 0.497 e. The molecular weight excluding hydrogens is 467 g/mol. The lowest BCUT2D eigenvalue weighted by Crippen LogP contribution is -2.04. The van der Waals surface area contributed by atoms with E-state index in [0.717, 1.165) is 37.9 Å². The second-order valence-electron chi connectivity index (χ2n) is 7.31.